The molecule has 1 aliphatic heterocycles. The molecule has 4 nitrogen and oxygen atoms in total. The fourth-order valence-corrected chi connectivity index (χ4v) is 2.89. The summed E-state index contributed by atoms with van der Waals surface area (Å²) >= 11 is 0. The maximum atomic E-state index is 9.38. The zero-order chi connectivity index (χ0) is 13.0. The summed E-state index contributed by atoms with van der Waals surface area (Å²) in [6, 6.07) is 1.67. The lowest BCUT2D eigenvalue weighted by Crippen LogP contribution is -2.52. The van der Waals surface area contributed by atoms with E-state index in [0.717, 1.165) is 19.5 Å². The van der Waals surface area contributed by atoms with Crippen LogP contribution in [0, 0.1) is 0 Å². The van der Waals surface area contributed by atoms with Gasteiger partial charge in [-0.1, -0.05) is 6.92 Å². The molecule has 0 aromatic carbocycles. The summed E-state index contributed by atoms with van der Waals surface area (Å²) in [4.78, 5) is 5.09. The number of hydrogen-bond acceptors (Lipinski definition) is 4. The van der Waals surface area contributed by atoms with E-state index in [1.165, 1.54) is 32.5 Å². The van der Waals surface area contributed by atoms with E-state index in [2.05, 4.69) is 29.0 Å². The number of hydrogen-bond donors (Lipinski definition) is 2. The molecule has 106 valence electrons. The van der Waals surface area contributed by atoms with E-state index in [9.17, 15) is 5.11 Å². The maximum absolute atomic E-state index is 9.38. The molecular weight excluding hydrogens is 226 g/mol. The molecule has 2 atom stereocenters. The van der Waals surface area contributed by atoms with Crippen molar-refractivity contribution in [1.29, 1.82) is 0 Å². The first-order valence-corrected chi connectivity index (χ1v) is 7.56. The molecule has 2 fully saturated rings. The third-order valence-corrected chi connectivity index (χ3v) is 4.32. The minimum Gasteiger partial charge on any atom is -0.395 e. The molecule has 1 heterocycles. The highest BCUT2D eigenvalue weighted by molar-refractivity contribution is 4.86. The smallest absolute Gasteiger partial charge is 0.0585 e. The van der Waals surface area contributed by atoms with Crippen molar-refractivity contribution < 1.29 is 5.11 Å². The summed E-state index contributed by atoms with van der Waals surface area (Å²) in [7, 11) is 0. The van der Waals surface area contributed by atoms with Crippen LogP contribution in [0.5, 0.6) is 0 Å². The first-order chi connectivity index (χ1) is 8.72. The molecule has 1 saturated heterocycles. The molecule has 0 bridgehead atoms. The molecule has 18 heavy (non-hydrogen) atoms. The van der Waals surface area contributed by atoms with E-state index in [-0.39, 0.29) is 6.61 Å². The lowest BCUT2D eigenvalue weighted by atomic mass is 10.1. The van der Waals surface area contributed by atoms with E-state index in [1.54, 1.807) is 0 Å². The van der Waals surface area contributed by atoms with Gasteiger partial charge >= 0.3 is 0 Å². The summed E-state index contributed by atoms with van der Waals surface area (Å²) in [6.07, 6.45) is 3.66. The van der Waals surface area contributed by atoms with Crippen LogP contribution >= 0.6 is 0 Å². The van der Waals surface area contributed by atoms with E-state index >= 15 is 0 Å². The molecule has 0 amide bonds. The van der Waals surface area contributed by atoms with Crippen molar-refractivity contribution in [3.05, 3.63) is 0 Å². The van der Waals surface area contributed by atoms with Crippen molar-refractivity contribution in [3.8, 4) is 0 Å². The maximum Gasteiger partial charge on any atom is 0.0585 e. The summed E-state index contributed by atoms with van der Waals surface area (Å²) < 4.78 is 0. The topological polar surface area (TPSA) is 38.7 Å². The molecule has 0 aromatic rings. The van der Waals surface area contributed by atoms with Crippen LogP contribution < -0.4 is 5.32 Å². The van der Waals surface area contributed by atoms with Crippen LogP contribution in [0.25, 0.3) is 0 Å². The Morgan fingerprint density at radius 2 is 2.11 bits per heavy atom. The van der Waals surface area contributed by atoms with E-state index in [0.29, 0.717) is 18.1 Å². The number of aliphatic hydroxyl groups excluding tert-OH is 1. The molecule has 4 heteroatoms. The van der Waals surface area contributed by atoms with Gasteiger partial charge in [-0.3, -0.25) is 4.90 Å². The van der Waals surface area contributed by atoms with Crippen LogP contribution in [0.1, 0.15) is 33.1 Å². The van der Waals surface area contributed by atoms with Crippen molar-refractivity contribution in [2.24, 2.45) is 0 Å². The Hall–Kier alpha value is -0.160. The van der Waals surface area contributed by atoms with Gasteiger partial charge in [-0.05, 0) is 39.3 Å². The SMILES string of the molecule is CCN1CCN(CCC(CO)NC2CC2)CC1C. The van der Waals surface area contributed by atoms with Gasteiger partial charge < -0.3 is 15.3 Å². The van der Waals surface area contributed by atoms with E-state index in [4.69, 9.17) is 0 Å². The Kier molecular flexibility index (Phi) is 5.42. The fraction of sp³-hybridized carbons (Fsp3) is 1.00. The predicted octanol–water partition coefficient (Wildman–Crippen LogP) is 0.515. The Labute approximate surface area is 111 Å². The van der Waals surface area contributed by atoms with Crippen molar-refractivity contribution in [3.63, 3.8) is 0 Å². The average molecular weight is 255 g/mol. The van der Waals surface area contributed by atoms with Crippen LogP contribution in [0.4, 0.5) is 0 Å². The van der Waals surface area contributed by atoms with Gasteiger partial charge in [-0.2, -0.15) is 0 Å². The molecule has 2 unspecified atom stereocenters. The largest absolute Gasteiger partial charge is 0.395 e. The molecule has 1 aliphatic carbocycles. The second kappa shape index (κ2) is 6.85. The van der Waals surface area contributed by atoms with Crippen LogP contribution in [-0.4, -0.2) is 72.4 Å². The Bertz CT molecular complexity index is 245. The quantitative estimate of drug-likeness (QED) is 0.695. The molecule has 2 N–H and O–H groups in total. The predicted molar refractivity (Wildman–Crippen MR) is 74.8 cm³/mol. The summed E-state index contributed by atoms with van der Waals surface area (Å²) in [6.45, 7) is 10.7. The Morgan fingerprint density at radius 1 is 1.33 bits per heavy atom. The van der Waals surface area contributed by atoms with Gasteiger partial charge in [0.25, 0.3) is 0 Å². The number of aliphatic hydroxyl groups is 1. The minimum absolute atomic E-state index is 0.279. The number of rotatable bonds is 7. The minimum atomic E-state index is 0.279. The lowest BCUT2D eigenvalue weighted by Gasteiger charge is -2.39. The van der Waals surface area contributed by atoms with Crippen LogP contribution in [0.3, 0.4) is 0 Å². The normalized spacial score (nSPS) is 28.5. The van der Waals surface area contributed by atoms with Gasteiger partial charge in [-0.15, -0.1) is 0 Å². The van der Waals surface area contributed by atoms with Gasteiger partial charge in [0.15, 0.2) is 0 Å². The Balaban J connectivity index is 1.66. The van der Waals surface area contributed by atoms with Gasteiger partial charge in [0.1, 0.15) is 0 Å². The van der Waals surface area contributed by atoms with Crippen LogP contribution in [0.2, 0.25) is 0 Å². The second-order valence-electron chi connectivity index (χ2n) is 5.89. The van der Waals surface area contributed by atoms with Crippen molar-refractivity contribution in [2.45, 2.75) is 51.2 Å². The highest BCUT2D eigenvalue weighted by Gasteiger charge is 2.26. The molecule has 2 aliphatic rings. The van der Waals surface area contributed by atoms with Gasteiger partial charge in [0.2, 0.25) is 0 Å². The van der Waals surface area contributed by atoms with Gasteiger partial charge in [0, 0.05) is 37.8 Å². The number of piperazine rings is 1. The van der Waals surface area contributed by atoms with Crippen LogP contribution in [0.15, 0.2) is 0 Å². The molecule has 1 saturated carbocycles. The second-order valence-corrected chi connectivity index (χ2v) is 5.89. The number of nitrogens with zero attached hydrogens (tertiary/aromatic N) is 2. The molecular formula is C14H29N3O. The summed E-state index contributed by atoms with van der Waals surface area (Å²) in [5, 5.41) is 12.9. The summed E-state index contributed by atoms with van der Waals surface area (Å²) in [5.41, 5.74) is 0. The number of nitrogens with one attached hydrogen (secondary N) is 1. The zero-order valence-electron chi connectivity index (χ0n) is 11.9. The average Bonchev–Trinajstić information content (AvgIpc) is 3.18. The molecule has 0 aromatic heterocycles. The Morgan fingerprint density at radius 3 is 2.67 bits per heavy atom. The highest BCUT2D eigenvalue weighted by atomic mass is 16.3. The third-order valence-electron chi connectivity index (χ3n) is 4.32. The monoisotopic (exact) mass is 255 g/mol. The van der Waals surface area contributed by atoms with E-state index in [1.807, 2.05) is 0 Å². The molecule has 0 spiro atoms. The molecule has 0 radical (unpaired) electrons. The first-order valence-electron chi connectivity index (χ1n) is 7.56. The van der Waals surface area contributed by atoms with Crippen LogP contribution in [-0.2, 0) is 0 Å². The van der Waals surface area contributed by atoms with Crippen molar-refractivity contribution in [1.82, 2.24) is 15.1 Å². The van der Waals surface area contributed by atoms with Crippen molar-refractivity contribution in [2.75, 3.05) is 39.3 Å². The lowest BCUT2D eigenvalue weighted by molar-refractivity contribution is 0.0828. The third kappa shape index (κ3) is 4.19. The van der Waals surface area contributed by atoms with Gasteiger partial charge in [0.05, 0.1) is 6.61 Å². The molecule has 2 rings (SSSR count). The van der Waals surface area contributed by atoms with E-state index < -0.39 is 0 Å². The standard InChI is InChI=1S/C14H29N3O/c1-3-17-9-8-16(10-12(17)2)7-6-14(11-18)15-13-4-5-13/h12-15,18H,3-11H2,1-2H3. The fourth-order valence-electron chi connectivity index (χ4n) is 2.89. The van der Waals surface area contributed by atoms with Gasteiger partial charge in [-0.25, -0.2) is 0 Å². The first kappa shape index (κ1) is 14.3. The highest BCUT2D eigenvalue weighted by Crippen LogP contribution is 2.20. The zero-order valence-corrected chi connectivity index (χ0v) is 11.9. The number of likely N-dealkylation sites (N-methyl/N-ethyl adjacent to an activating group) is 1. The van der Waals surface area contributed by atoms with Crippen molar-refractivity contribution >= 4 is 0 Å². The summed E-state index contributed by atoms with van der Waals surface area (Å²) in [5.74, 6) is 0.